The van der Waals surface area contributed by atoms with Crippen molar-refractivity contribution in [1.29, 1.82) is 0 Å². The van der Waals surface area contributed by atoms with Gasteiger partial charge in [-0.05, 0) is 12.1 Å². The van der Waals surface area contributed by atoms with Gasteiger partial charge in [0.05, 0.1) is 12.0 Å². The molecule has 5 heteroatoms. The van der Waals surface area contributed by atoms with Crippen LogP contribution in [0.25, 0.3) is 0 Å². The fraction of sp³-hybridized carbons (Fsp3) is 0.143. The second-order valence-corrected chi connectivity index (χ2v) is 3.65. The van der Waals surface area contributed by atoms with Gasteiger partial charge in [0.15, 0.2) is 0 Å². The summed E-state index contributed by atoms with van der Waals surface area (Å²) in [4.78, 5) is 0.183. The first kappa shape index (κ1) is 11.7. The number of hydrogen-bond acceptors (Lipinski definition) is 3. The van der Waals surface area contributed by atoms with E-state index in [1.807, 2.05) is 0 Å². The van der Waals surface area contributed by atoms with Gasteiger partial charge in [-0.25, -0.2) is 0 Å². The van der Waals surface area contributed by atoms with E-state index in [0.29, 0.717) is 0 Å². The third kappa shape index (κ3) is 2.65. The Labute approximate surface area is 85.5 Å². The van der Waals surface area contributed by atoms with Crippen LogP contribution in [-0.2, 0) is 14.3 Å². The summed E-state index contributed by atoms with van der Waals surface area (Å²) in [5, 5.41) is 0. The first-order valence-electron chi connectivity index (χ1n) is 3.02. The Bertz CT molecular complexity index is 325. The van der Waals surface area contributed by atoms with Gasteiger partial charge >= 0.3 is 18.9 Å². The van der Waals surface area contributed by atoms with Gasteiger partial charge in [-0.2, -0.15) is 8.42 Å². The third-order valence-electron chi connectivity index (χ3n) is 1.25. The van der Waals surface area contributed by atoms with Crippen molar-refractivity contribution in [3.8, 4) is 0 Å². The molecule has 0 spiro atoms. The van der Waals surface area contributed by atoms with E-state index in [1.54, 1.807) is 18.2 Å². The number of hydrogen-bond donors (Lipinski definition) is 0. The Kier molecular flexibility index (Phi) is 4.57. The molecular weight excluding hydrogens is 171 g/mol. The smallest absolute Gasteiger partial charge is 1.00 e. The zero-order valence-corrected chi connectivity index (χ0v) is 7.84. The number of rotatable bonds is 2. The predicted molar refractivity (Wildman–Crippen MR) is 41.7 cm³/mol. The minimum atomic E-state index is -3.50. The molecule has 3 nitrogen and oxygen atoms in total. The molecule has 0 saturated carbocycles. The van der Waals surface area contributed by atoms with Crippen molar-refractivity contribution in [2.45, 2.75) is 4.90 Å². The minimum absolute atomic E-state index is 0. The first-order valence-corrected chi connectivity index (χ1v) is 4.43. The van der Waals surface area contributed by atoms with Gasteiger partial charge in [-0.15, -0.1) is 0 Å². The molecule has 62 valence electrons. The normalized spacial score (nSPS) is 10.4. The molecule has 12 heavy (non-hydrogen) atoms. The zero-order chi connectivity index (χ0) is 8.32. The van der Waals surface area contributed by atoms with Crippen molar-refractivity contribution < 1.29 is 32.9 Å². The van der Waals surface area contributed by atoms with E-state index < -0.39 is 10.1 Å². The van der Waals surface area contributed by atoms with Crippen LogP contribution < -0.4 is 18.9 Å². The van der Waals surface area contributed by atoms with Crippen LogP contribution in [-0.4, -0.2) is 15.5 Å². The van der Waals surface area contributed by atoms with Crippen molar-refractivity contribution in [3.05, 3.63) is 30.3 Å². The van der Waals surface area contributed by atoms with Crippen molar-refractivity contribution in [2.24, 2.45) is 0 Å². The average molecular weight is 180 g/mol. The first-order chi connectivity index (χ1) is 5.17. The summed E-state index contributed by atoms with van der Waals surface area (Å²) < 4.78 is 26.3. The molecule has 0 aliphatic carbocycles. The minimum Gasteiger partial charge on any atom is -1.00 e. The van der Waals surface area contributed by atoms with E-state index in [0.717, 1.165) is 7.11 Å². The van der Waals surface area contributed by atoms with Crippen LogP contribution in [0, 0.1) is 0 Å². The van der Waals surface area contributed by atoms with Crippen molar-refractivity contribution in [1.82, 2.24) is 0 Å². The van der Waals surface area contributed by atoms with Gasteiger partial charge in [0.25, 0.3) is 10.1 Å². The topological polar surface area (TPSA) is 43.4 Å². The Balaban J connectivity index is 0. The Morgan fingerprint density at radius 2 is 1.75 bits per heavy atom. The van der Waals surface area contributed by atoms with Gasteiger partial charge in [0.2, 0.25) is 0 Å². The van der Waals surface area contributed by atoms with Crippen LogP contribution in [0.3, 0.4) is 0 Å². The van der Waals surface area contributed by atoms with E-state index in [-0.39, 0.29) is 25.2 Å². The molecule has 1 rings (SSSR count). The summed E-state index contributed by atoms with van der Waals surface area (Å²) in [6, 6.07) is 8.00. The molecular formula is C7H9LiO3S. The maximum atomic E-state index is 11.0. The zero-order valence-electron chi connectivity index (χ0n) is 8.02. The predicted octanol–water partition coefficient (Wildman–Crippen LogP) is -1.86. The molecule has 0 bridgehead atoms. The van der Waals surface area contributed by atoms with E-state index in [2.05, 4.69) is 4.18 Å². The van der Waals surface area contributed by atoms with Crippen molar-refractivity contribution in [2.75, 3.05) is 7.11 Å². The Hall–Kier alpha value is -0.273. The van der Waals surface area contributed by atoms with Gasteiger partial charge in [-0.3, -0.25) is 4.18 Å². The molecule has 0 N–H and O–H groups in total. The van der Waals surface area contributed by atoms with Crippen LogP contribution in [0.2, 0.25) is 0 Å². The molecule has 0 aromatic heterocycles. The fourth-order valence-electron chi connectivity index (χ4n) is 0.683. The fourth-order valence-corrected chi connectivity index (χ4v) is 1.37. The largest absolute Gasteiger partial charge is 1.00 e. The molecule has 1 aromatic rings. The van der Waals surface area contributed by atoms with E-state index >= 15 is 0 Å². The Morgan fingerprint density at radius 1 is 1.25 bits per heavy atom. The van der Waals surface area contributed by atoms with Crippen LogP contribution in [0.4, 0.5) is 0 Å². The van der Waals surface area contributed by atoms with E-state index in [4.69, 9.17) is 0 Å². The standard InChI is InChI=1S/C7H8O3S.Li.H/c1-10-11(8,9)7-5-3-2-4-6-7;;/h2-6H,1H3;;/q;+1;-1. The molecule has 0 atom stereocenters. The maximum absolute atomic E-state index is 11.0. The van der Waals surface area contributed by atoms with Gasteiger partial charge in [-0.1, -0.05) is 18.2 Å². The van der Waals surface area contributed by atoms with Crippen LogP contribution >= 0.6 is 0 Å². The molecule has 0 unspecified atom stereocenters. The summed E-state index contributed by atoms with van der Waals surface area (Å²) in [6.45, 7) is 0. The Morgan fingerprint density at radius 3 is 2.17 bits per heavy atom. The molecule has 0 fully saturated rings. The second kappa shape index (κ2) is 4.68. The molecule has 0 aliphatic heterocycles. The summed E-state index contributed by atoms with van der Waals surface area (Å²) in [5.74, 6) is 0. The van der Waals surface area contributed by atoms with Gasteiger partial charge in [0.1, 0.15) is 0 Å². The van der Waals surface area contributed by atoms with Gasteiger partial charge in [0, 0.05) is 0 Å². The summed E-state index contributed by atoms with van der Waals surface area (Å²) >= 11 is 0. The molecule has 0 radical (unpaired) electrons. The molecule has 1 aromatic carbocycles. The van der Waals surface area contributed by atoms with Crippen molar-refractivity contribution in [3.63, 3.8) is 0 Å². The maximum Gasteiger partial charge on any atom is 1.00 e. The second-order valence-electron chi connectivity index (χ2n) is 1.93. The van der Waals surface area contributed by atoms with Crippen LogP contribution in [0.5, 0.6) is 0 Å². The third-order valence-corrected chi connectivity index (χ3v) is 2.54. The van der Waals surface area contributed by atoms with Crippen LogP contribution in [0.1, 0.15) is 1.43 Å². The van der Waals surface area contributed by atoms with E-state index in [1.165, 1.54) is 12.1 Å². The van der Waals surface area contributed by atoms with Gasteiger partial charge < -0.3 is 1.43 Å². The molecule has 0 saturated heterocycles. The summed E-state index contributed by atoms with van der Waals surface area (Å²) in [7, 11) is -2.36. The molecule has 0 amide bonds. The number of benzene rings is 1. The van der Waals surface area contributed by atoms with Crippen molar-refractivity contribution >= 4 is 10.1 Å². The molecule has 0 heterocycles. The SMILES string of the molecule is COS(=O)(=O)c1ccccc1.[H-].[Li+]. The van der Waals surface area contributed by atoms with E-state index in [9.17, 15) is 8.42 Å². The monoisotopic (exact) mass is 180 g/mol. The average Bonchev–Trinajstić information content (AvgIpc) is 2.06. The summed E-state index contributed by atoms with van der Waals surface area (Å²) in [5.41, 5.74) is 0. The van der Waals surface area contributed by atoms with Crippen LogP contribution in [0.15, 0.2) is 35.2 Å². The quantitative estimate of drug-likeness (QED) is 0.396. The molecule has 0 aliphatic rings. The summed E-state index contributed by atoms with van der Waals surface area (Å²) in [6.07, 6.45) is 0.